The van der Waals surface area contributed by atoms with Gasteiger partial charge in [-0.2, -0.15) is 0 Å². The average molecular weight is 295 g/mol. The Kier molecular flexibility index (Phi) is 4.02. The molecule has 1 aliphatic carbocycles. The Morgan fingerprint density at radius 1 is 1.10 bits per heavy atom. The maximum Gasteiger partial charge on any atom is 0.121 e. The van der Waals surface area contributed by atoms with E-state index >= 15 is 0 Å². The Labute approximate surface area is 127 Å². The molecule has 1 N–H and O–H groups in total. The molecule has 1 aromatic heterocycles. The van der Waals surface area contributed by atoms with Crippen LogP contribution >= 0.6 is 11.3 Å². The Bertz CT molecular complexity index is 454. The molecule has 0 aliphatic heterocycles. The normalized spacial score (nSPS) is 21.1. The monoisotopic (exact) mass is 295 g/mol. The van der Waals surface area contributed by atoms with Crippen LogP contribution in [-0.4, -0.2) is 22.3 Å². The number of nitrogens with one attached hydrogen (secondary N) is 1. The quantitative estimate of drug-likeness (QED) is 0.834. The van der Waals surface area contributed by atoms with Crippen LogP contribution in [0.1, 0.15) is 70.8 Å². The molecule has 1 saturated carbocycles. The standard InChI is InChI=1S/C16H29N3S/c1-14(2,3)17-10-8-9-11-18-19-13(20-11)12-15(4,5)16(12,6)7/h12,17H,8-10H2,1-7H3. The third-order valence-corrected chi connectivity index (χ3v) is 6.02. The molecule has 0 saturated heterocycles. The highest BCUT2D eigenvalue weighted by Gasteiger charge is 2.66. The molecule has 2 rings (SSSR count). The van der Waals surface area contributed by atoms with E-state index in [4.69, 9.17) is 0 Å². The van der Waals surface area contributed by atoms with Crippen LogP contribution in [0.4, 0.5) is 0 Å². The van der Waals surface area contributed by atoms with Crippen molar-refractivity contribution in [1.29, 1.82) is 0 Å². The minimum atomic E-state index is 0.203. The van der Waals surface area contributed by atoms with Crippen molar-refractivity contribution in [2.45, 2.75) is 72.8 Å². The number of hydrogen-bond acceptors (Lipinski definition) is 4. The Morgan fingerprint density at radius 3 is 2.20 bits per heavy atom. The summed E-state index contributed by atoms with van der Waals surface area (Å²) in [5.74, 6) is 0.578. The Balaban J connectivity index is 1.85. The Morgan fingerprint density at radius 2 is 1.70 bits per heavy atom. The van der Waals surface area contributed by atoms with Gasteiger partial charge < -0.3 is 5.32 Å². The molecule has 0 amide bonds. The highest BCUT2D eigenvalue weighted by Crippen LogP contribution is 2.73. The zero-order valence-corrected chi connectivity index (χ0v) is 14.8. The van der Waals surface area contributed by atoms with Gasteiger partial charge in [-0.15, -0.1) is 21.5 Å². The van der Waals surface area contributed by atoms with E-state index in [0.717, 1.165) is 19.4 Å². The molecule has 1 heterocycles. The lowest BCUT2D eigenvalue weighted by Gasteiger charge is -2.20. The van der Waals surface area contributed by atoms with E-state index in [0.29, 0.717) is 16.7 Å². The number of aromatic nitrogens is 2. The van der Waals surface area contributed by atoms with Crippen LogP contribution in [0.25, 0.3) is 0 Å². The molecule has 0 unspecified atom stereocenters. The minimum absolute atomic E-state index is 0.203. The van der Waals surface area contributed by atoms with Crippen molar-refractivity contribution in [3.63, 3.8) is 0 Å². The first-order valence-electron chi connectivity index (χ1n) is 7.63. The predicted molar refractivity (Wildman–Crippen MR) is 86.3 cm³/mol. The molecule has 1 fully saturated rings. The lowest BCUT2D eigenvalue weighted by molar-refractivity contribution is 0.422. The van der Waals surface area contributed by atoms with Crippen LogP contribution in [0.2, 0.25) is 0 Å². The number of nitrogens with zero attached hydrogens (tertiary/aromatic N) is 2. The minimum Gasteiger partial charge on any atom is -0.312 e. The predicted octanol–water partition coefficient (Wildman–Crippen LogP) is 4.01. The first kappa shape index (κ1) is 15.9. The van der Waals surface area contributed by atoms with Gasteiger partial charge in [-0.3, -0.25) is 0 Å². The van der Waals surface area contributed by atoms with Crippen molar-refractivity contribution >= 4 is 11.3 Å². The molecule has 114 valence electrons. The maximum atomic E-state index is 4.45. The van der Waals surface area contributed by atoms with Crippen molar-refractivity contribution in [2.75, 3.05) is 6.54 Å². The fraction of sp³-hybridized carbons (Fsp3) is 0.875. The van der Waals surface area contributed by atoms with Gasteiger partial charge in [0.15, 0.2) is 0 Å². The van der Waals surface area contributed by atoms with Crippen molar-refractivity contribution in [3.05, 3.63) is 10.0 Å². The van der Waals surface area contributed by atoms with Gasteiger partial charge in [-0.05, 0) is 44.6 Å². The van der Waals surface area contributed by atoms with E-state index in [-0.39, 0.29) is 5.54 Å². The van der Waals surface area contributed by atoms with Crippen LogP contribution in [0, 0.1) is 10.8 Å². The van der Waals surface area contributed by atoms with Gasteiger partial charge in [0.25, 0.3) is 0 Å². The number of rotatable bonds is 5. The van der Waals surface area contributed by atoms with Crippen LogP contribution in [-0.2, 0) is 6.42 Å². The lowest BCUT2D eigenvalue weighted by atomic mass is 10.0. The molecule has 0 bridgehead atoms. The molecular formula is C16H29N3S. The van der Waals surface area contributed by atoms with Crippen molar-refractivity contribution in [1.82, 2.24) is 15.5 Å². The van der Waals surface area contributed by atoms with E-state index in [9.17, 15) is 0 Å². The van der Waals surface area contributed by atoms with Gasteiger partial charge >= 0.3 is 0 Å². The van der Waals surface area contributed by atoms with Gasteiger partial charge in [0.1, 0.15) is 10.0 Å². The molecule has 0 radical (unpaired) electrons. The molecule has 0 atom stereocenters. The van der Waals surface area contributed by atoms with Crippen molar-refractivity contribution in [3.8, 4) is 0 Å². The van der Waals surface area contributed by atoms with Gasteiger partial charge in [-0.25, -0.2) is 0 Å². The summed E-state index contributed by atoms with van der Waals surface area (Å²) in [6.45, 7) is 17.0. The second-order valence-corrected chi connectivity index (χ2v) is 9.28. The first-order chi connectivity index (χ1) is 9.06. The fourth-order valence-electron chi connectivity index (χ4n) is 3.00. The van der Waals surface area contributed by atoms with Gasteiger partial charge in [0, 0.05) is 17.9 Å². The maximum absolute atomic E-state index is 4.45. The molecule has 1 aromatic rings. The summed E-state index contributed by atoms with van der Waals surface area (Å²) in [5, 5.41) is 14.8. The molecule has 20 heavy (non-hydrogen) atoms. The highest BCUT2D eigenvalue weighted by molar-refractivity contribution is 7.11. The second kappa shape index (κ2) is 5.06. The van der Waals surface area contributed by atoms with E-state index in [1.807, 2.05) is 11.3 Å². The molecule has 1 aliphatic rings. The summed E-state index contributed by atoms with van der Waals surface area (Å²) < 4.78 is 0. The van der Waals surface area contributed by atoms with Crippen LogP contribution < -0.4 is 5.32 Å². The van der Waals surface area contributed by atoms with Crippen LogP contribution in [0.15, 0.2) is 0 Å². The zero-order valence-electron chi connectivity index (χ0n) is 14.0. The lowest BCUT2D eigenvalue weighted by Crippen LogP contribution is -2.36. The third kappa shape index (κ3) is 3.06. The SMILES string of the molecule is CC(C)(C)NCCCc1nnc(C2C(C)(C)C2(C)C)s1. The first-order valence-corrected chi connectivity index (χ1v) is 8.45. The summed E-state index contributed by atoms with van der Waals surface area (Å²) >= 11 is 1.82. The van der Waals surface area contributed by atoms with Crippen molar-refractivity contribution < 1.29 is 0 Å². The topological polar surface area (TPSA) is 37.8 Å². The molecule has 4 heteroatoms. The zero-order chi connectivity index (χ0) is 15.2. The van der Waals surface area contributed by atoms with Gasteiger partial charge in [0.2, 0.25) is 0 Å². The summed E-state index contributed by atoms with van der Waals surface area (Å²) in [6, 6.07) is 0. The van der Waals surface area contributed by atoms with E-state index in [1.165, 1.54) is 10.0 Å². The smallest absolute Gasteiger partial charge is 0.121 e. The molecule has 0 spiro atoms. The van der Waals surface area contributed by atoms with Gasteiger partial charge in [-0.1, -0.05) is 27.7 Å². The average Bonchev–Trinajstić information content (AvgIpc) is 2.65. The summed E-state index contributed by atoms with van der Waals surface area (Å²) in [5.41, 5.74) is 0.920. The van der Waals surface area contributed by atoms with E-state index in [2.05, 4.69) is 64.0 Å². The molecule has 0 aromatic carbocycles. The summed E-state index contributed by atoms with van der Waals surface area (Å²) in [4.78, 5) is 0. The van der Waals surface area contributed by atoms with Crippen LogP contribution in [0.5, 0.6) is 0 Å². The second-order valence-electron chi connectivity index (χ2n) is 8.19. The Hall–Kier alpha value is -0.480. The third-order valence-electron chi connectivity index (χ3n) is 4.97. The fourth-order valence-corrected chi connectivity index (χ4v) is 4.36. The van der Waals surface area contributed by atoms with Crippen molar-refractivity contribution in [2.24, 2.45) is 10.8 Å². The number of hydrogen-bond donors (Lipinski definition) is 1. The van der Waals surface area contributed by atoms with E-state index < -0.39 is 0 Å². The summed E-state index contributed by atoms with van der Waals surface area (Å²) in [6.07, 6.45) is 2.16. The van der Waals surface area contributed by atoms with E-state index in [1.54, 1.807) is 0 Å². The molecule has 3 nitrogen and oxygen atoms in total. The van der Waals surface area contributed by atoms with Crippen LogP contribution in [0.3, 0.4) is 0 Å². The molecular weight excluding hydrogens is 266 g/mol. The highest BCUT2D eigenvalue weighted by atomic mass is 32.1. The van der Waals surface area contributed by atoms with Gasteiger partial charge in [0.05, 0.1) is 0 Å². The number of aryl methyl sites for hydroxylation is 1. The largest absolute Gasteiger partial charge is 0.312 e. The summed E-state index contributed by atoms with van der Waals surface area (Å²) in [7, 11) is 0.